The lowest BCUT2D eigenvalue weighted by atomic mass is 9.78. The summed E-state index contributed by atoms with van der Waals surface area (Å²) in [6.45, 7) is 0. The molecule has 3 aliphatic heterocycles. The van der Waals surface area contributed by atoms with Gasteiger partial charge in [0.05, 0.1) is 5.56 Å². The molecule has 0 N–H and O–H groups in total. The van der Waals surface area contributed by atoms with Crippen molar-refractivity contribution in [2.24, 2.45) is 11.8 Å². The van der Waals surface area contributed by atoms with E-state index in [4.69, 9.17) is 14.2 Å². The third-order valence-corrected chi connectivity index (χ3v) is 10.8. The van der Waals surface area contributed by atoms with Crippen LogP contribution in [0, 0.1) is 45.8 Å². The maximum absolute atomic E-state index is 14.4. The maximum atomic E-state index is 14.4. The molecule has 0 amide bonds. The molecule has 18 heteroatoms. The van der Waals surface area contributed by atoms with Crippen molar-refractivity contribution in [3.8, 4) is 5.75 Å². The van der Waals surface area contributed by atoms with E-state index in [1.165, 1.54) is 6.07 Å². The Balaban J connectivity index is 1.45. The average molecular weight is 909 g/mol. The van der Waals surface area contributed by atoms with Crippen LogP contribution in [0.25, 0.3) is 0 Å². The lowest BCUT2D eigenvalue weighted by Crippen LogP contribution is -2.48. The molecule has 0 spiro atoms. The van der Waals surface area contributed by atoms with Gasteiger partial charge < -0.3 is 23.5 Å². The Bertz CT molecular complexity index is 1560. The Hall–Kier alpha value is -1.37. The molecule has 0 radical (unpaired) electrons. The van der Waals surface area contributed by atoms with Crippen molar-refractivity contribution in [2.75, 3.05) is 0 Å². The highest BCUT2D eigenvalue weighted by molar-refractivity contribution is 14.1. The van der Waals surface area contributed by atoms with E-state index in [0.717, 1.165) is 3.57 Å². The van der Waals surface area contributed by atoms with Crippen LogP contribution in [0.4, 0.5) is 17.6 Å². The average Bonchev–Trinajstić information content (AvgIpc) is 3.45. The second-order valence-corrected chi connectivity index (χ2v) is 13.2. The molecular weight excluding hydrogens is 901 g/mol. The topological polar surface area (TPSA) is 145 Å². The molecule has 2 bridgehead atoms. The summed E-state index contributed by atoms with van der Waals surface area (Å²) in [5, 5.41) is 0. The summed E-state index contributed by atoms with van der Waals surface area (Å²) in [5.74, 6) is -18.6. The molecule has 2 aromatic carbocycles. The lowest BCUT2D eigenvalue weighted by molar-refractivity contribution is -0.150. The minimum absolute atomic E-state index is 0.165. The number of carbonyl (C=O) groups is 3. The van der Waals surface area contributed by atoms with Crippen LogP contribution >= 0.6 is 67.8 Å². The number of hydrogen-bond donors (Lipinski definition) is 0. The number of carbonyl (C=O) groups excluding carboxylic acids is 3. The first-order valence-electron chi connectivity index (χ1n) is 10.4. The van der Waals surface area contributed by atoms with Crippen molar-refractivity contribution in [3.63, 3.8) is 0 Å². The number of esters is 3. The molecule has 3 aliphatic rings. The zero-order valence-corrected chi connectivity index (χ0v) is 25.5. The Morgan fingerprint density at radius 1 is 0.949 bits per heavy atom. The molecule has 6 atom stereocenters. The van der Waals surface area contributed by atoms with Crippen LogP contribution in [0.1, 0.15) is 10.4 Å². The van der Waals surface area contributed by atoms with Crippen LogP contribution in [0.2, 0.25) is 0 Å². The Morgan fingerprint density at radius 2 is 1.56 bits per heavy atom. The molecule has 208 valence electrons. The summed E-state index contributed by atoms with van der Waals surface area (Å²) in [5.41, 5.74) is 0.165. The van der Waals surface area contributed by atoms with Gasteiger partial charge in [-0.05, 0) is 79.9 Å². The van der Waals surface area contributed by atoms with Gasteiger partial charge in [0.15, 0.2) is 23.8 Å². The van der Waals surface area contributed by atoms with Crippen molar-refractivity contribution in [1.82, 2.24) is 0 Å². The number of rotatable bonds is 5. The predicted molar refractivity (Wildman–Crippen MR) is 139 cm³/mol. The summed E-state index contributed by atoms with van der Waals surface area (Å²) < 4.78 is 113. The third kappa shape index (κ3) is 4.70. The standard InChI is InChI=1S/C21H9F4I3O10S/c22-8-10(24)18(39(32,33)34)11(25)9(23)15(8)36-20(30)6-7-14-17(38-21(7)31)16(13(6)35-14)37-19(29)4-1-3(26)2-5(27)12(4)28/h1-2,6-7,13-14,16-17H,(H,32,33,34)/p-1. The molecule has 3 saturated heterocycles. The van der Waals surface area contributed by atoms with E-state index in [1.807, 2.05) is 67.8 Å². The fourth-order valence-electron chi connectivity index (χ4n) is 4.70. The summed E-state index contributed by atoms with van der Waals surface area (Å²) in [4.78, 5) is 36.0. The van der Waals surface area contributed by atoms with Crippen molar-refractivity contribution in [2.45, 2.75) is 29.3 Å². The molecule has 6 unspecified atom stereocenters. The van der Waals surface area contributed by atoms with E-state index < -0.39 is 98.2 Å². The highest BCUT2D eigenvalue weighted by Crippen LogP contribution is 2.52. The largest absolute Gasteiger partial charge is 0.744 e. The van der Waals surface area contributed by atoms with Crippen LogP contribution in [0.3, 0.4) is 0 Å². The van der Waals surface area contributed by atoms with Crippen molar-refractivity contribution >= 4 is 95.8 Å². The lowest BCUT2D eigenvalue weighted by Gasteiger charge is -2.27. The number of halogens is 7. The predicted octanol–water partition coefficient (Wildman–Crippen LogP) is 3.03. The van der Waals surface area contributed by atoms with Gasteiger partial charge in [0.25, 0.3) is 0 Å². The van der Waals surface area contributed by atoms with Gasteiger partial charge in [0, 0.05) is 10.7 Å². The van der Waals surface area contributed by atoms with Gasteiger partial charge in [-0.1, -0.05) is 0 Å². The molecule has 0 aromatic heterocycles. The zero-order valence-electron chi connectivity index (χ0n) is 18.3. The fourth-order valence-corrected chi connectivity index (χ4v) is 7.69. The first-order valence-corrected chi connectivity index (χ1v) is 15.0. The van der Waals surface area contributed by atoms with E-state index >= 15 is 0 Å². The monoisotopic (exact) mass is 909 g/mol. The molecule has 2 aromatic rings. The molecule has 3 heterocycles. The molecule has 10 nitrogen and oxygen atoms in total. The van der Waals surface area contributed by atoms with Crippen molar-refractivity contribution in [3.05, 3.63) is 51.7 Å². The summed E-state index contributed by atoms with van der Waals surface area (Å²) in [6, 6.07) is 3.34. The maximum Gasteiger partial charge on any atom is 0.339 e. The highest BCUT2D eigenvalue weighted by Gasteiger charge is 2.72. The number of hydrogen-bond acceptors (Lipinski definition) is 10. The first kappa shape index (κ1) is 29.1. The van der Waals surface area contributed by atoms with Crippen molar-refractivity contribution < 1.29 is 63.9 Å². The Labute approximate surface area is 256 Å². The van der Waals surface area contributed by atoms with Crippen LogP contribution in [-0.2, 0) is 33.9 Å². The Kier molecular flexibility index (Phi) is 7.59. The van der Waals surface area contributed by atoms with E-state index in [0.29, 0.717) is 7.14 Å². The number of ether oxygens (including phenoxy) is 4. The molecule has 3 fully saturated rings. The summed E-state index contributed by atoms with van der Waals surface area (Å²) >= 11 is 5.92. The third-order valence-electron chi connectivity index (χ3n) is 6.27. The fraction of sp³-hybridized carbons (Fsp3) is 0.286. The molecule has 39 heavy (non-hydrogen) atoms. The van der Waals surface area contributed by atoms with Crippen LogP contribution in [0.5, 0.6) is 5.75 Å². The van der Waals surface area contributed by atoms with Gasteiger partial charge in [-0.3, -0.25) is 9.59 Å². The molecule has 5 rings (SSSR count). The quantitative estimate of drug-likeness (QED) is 0.110. The second-order valence-electron chi connectivity index (χ2n) is 8.43. The number of benzene rings is 2. The van der Waals surface area contributed by atoms with Gasteiger partial charge in [0.2, 0.25) is 17.4 Å². The van der Waals surface area contributed by atoms with Crippen LogP contribution in [0.15, 0.2) is 17.0 Å². The van der Waals surface area contributed by atoms with Gasteiger partial charge in [-0.15, -0.1) is 0 Å². The van der Waals surface area contributed by atoms with Gasteiger partial charge in [-0.2, -0.15) is 8.78 Å². The van der Waals surface area contributed by atoms with Crippen LogP contribution in [-0.4, -0.2) is 55.3 Å². The SMILES string of the molecule is O=C(OC1C2OC(=O)C3C2OC1C3C(=O)Oc1c(F)c(F)c(S(=O)(=O)[O-])c(F)c1F)c1cc(I)cc(I)c1I. The minimum atomic E-state index is -5.99. The molecular formula is C21H8F4I3O10S-. The minimum Gasteiger partial charge on any atom is -0.744 e. The van der Waals surface area contributed by atoms with E-state index in [9.17, 15) is 44.9 Å². The summed E-state index contributed by atoms with van der Waals surface area (Å²) in [7, 11) is -5.99. The van der Waals surface area contributed by atoms with Crippen molar-refractivity contribution in [1.29, 1.82) is 0 Å². The van der Waals surface area contributed by atoms with Gasteiger partial charge in [-0.25, -0.2) is 22.0 Å². The second kappa shape index (κ2) is 10.2. The Morgan fingerprint density at radius 3 is 2.15 bits per heavy atom. The highest BCUT2D eigenvalue weighted by atomic mass is 127. The summed E-state index contributed by atoms with van der Waals surface area (Å²) in [6.07, 6.45) is -4.98. The number of fused-ring (bicyclic) bond motifs is 1. The smallest absolute Gasteiger partial charge is 0.339 e. The van der Waals surface area contributed by atoms with Gasteiger partial charge >= 0.3 is 17.9 Å². The van der Waals surface area contributed by atoms with Crippen LogP contribution < -0.4 is 4.74 Å². The normalized spacial score (nSPS) is 27.0. The van der Waals surface area contributed by atoms with E-state index in [1.54, 1.807) is 6.07 Å². The molecule has 0 aliphatic carbocycles. The zero-order chi connectivity index (χ0) is 28.7. The van der Waals surface area contributed by atoms with E-state index in [-0.39, 0.29) is 5.56 Å². The first-order chi connectivity index (χ1) is 18.1. The van der Waals surface area contributed by atoms with Gasteiger partial charge in [0.1, 0.15) is 39.1 Å². The van der Waals surface area contributed by atoms with E-state index in [2.05, 4.69) is 4.74 Å². The molecule has 0 saturated carbocycles.